The third-order valence-electron chi connectivity index (χ3n) is 2.98. The number of amides is 1. The van der Waals surface area contributed by atoms with Gasteiger partial charge in [-0.2, -0.15) is 0 Å². The quantitative estimate of drug-likeness (QED) is 0.897. The highest BCUT2D eigenvalue weighted by atomic mass is 35.5. The lowest BCUT2D eigenvalue weighted by atomic mass is 10.1. The summed E-state index contributed by atoms with van der Waals surface area (Å²) in [6, 6.07) is 3.23. The summed E-state index contributed by atoms with van der Waals surface area (Å²) in [5.74, 6) is -2.50. The first-order chi connectivity index (χ1) is 8.52. The first-order valence-corrected chi connectivity index (χ1v) is 5.88. The monoisotopic (exact) mass is 271 g/mol. The Labute approximate surface area is 108 Å². The van der Waals surface area contributed by atoms with E-state index < -0.39 is 23.7 Å². The van der Waals surface area contributed by atoms with Gasteiger partial charge >= 0.3 is 5.97 Å². The van der Waals surface area contributed by atoms with Crippen LogP contribution in [0.3, 0.4) is 0 Å². The van der Waals surface area contributed by atoms with Gasteiger partial charge in [-0.3, -0.25) is 4.79 Å². The van der Waals surface area contributed by atoms with Crippen LogP contribution in [0, 0.1) is 5.82 Å². The highest BCUT2D eigenvalue weighted by molar-refractivity contribution is 6.31. The van der Waals surface area contributed by atoms with Crippen LogP contribution in [0.1, 0.15) is 23.2 Å². The molecule has 1 aromatic carbocycles. The van der Waals surface area contributed by atoms with Crippen molar-refractivity contribution in [1.82, 2.24) is 4.90 Å². The third kappa shape index (κ3) is 2.18. The standard InChI is InChI=1S/C12H11ClFNO3/c13-8-4-1-3-7(10(8)14)11(16)15-6-2-5-9(15)12(17)18/h1,3-4,9H,2,5-6H2,(H,17,18). The van der Waals surface area contributed by atoms with Crippen molar-refractivity contribution in [1.29, 1.82) is 0 Å². The maximum absolute atomic E-state index is 13.7. The molecule has 6 heteroatoms. The number of benzene rings is 1. The molecule has 1 heterocycles. The average molecular weight is 272 g/mol. The SMILES string of the molecule is O=C(O)C1CCCN1C(=O)c1cccc(Cl)c1F. The average Bonchev–Trinajstić information content (AvgIpc) is 2.81. The van der Waals surface area contributed by atoms with Gasteiger partial charge in [0.2, 0.25) is 0 Å². The summed E-state index contributed by atoms with van der Waals surface area (Å²) < 4.78 is 13.7. The third-order valence-corrected chi connectivity index (χ3v) is 3.27. The number of carbonyl (C=O) groups excluding carboxylic acids is 1. The van der Waals surface area contributed by atoms with Crippen molar-refractivity contribution in [2.75, 3.05) is 6.54 Å². The Hall–Kier alpha value is -1.62. The Bertz CT molecular complexity index is 506. The summed E-state index contributed by atoms with van der Waals surface area (Å²) in [6.45, 7) is 0.321. The summed E-state index contributed by atoms with van der Waals surface area (Å²) >= 11 is 5.60. The van der Waals surface area contributed by atoms with E-state index in [1.165, 1.54) is 23.1 Å². The van der Waals surface area contributed by atoms with Crippen molar-refractivity contribution in [2.45, 2.75) is 18.9 Å². The van der Waals surface area contributed by atoms with Crippen molar-refractivity contribution < 1.29 is 19.1 Å². The number of likely N-dealkylation sites (tertiary alicyclic amines) is 1. The first-order valence-electron chi connectivity index (χ1n) is 5.50. The molecule has 1 aliphatic rings. The van der Waals surface area contributed by atoms with Gasteiger partial charge in [0.1, 0.15) is 6.04 Å². The van der Waals surface area contributed by atoms with Gasteiger partial charge in [-0.15, -0.1) is 0 Å². The molecule has 4 nitrogen and oxygen atoms in total. The molecule has 0 aliphatic carbocycles. The zero-order chi connectivity index (χ0) is 13.3. The maximum atomic E-state index is 13.7. The molecule has 1 N–H and O–H groups in total. The van der Waals surface area contributed by atoms with E-state index in [2.05, 4.69) is 0 Å². The summed E-state index contributed by atoms with van der Waals surface area (Å²) in [5, 5.41) is 8.84. The summed E-state index contributed by atoms with van der Waals surface area (Å²) in [4.78, 5) is 24.3. The van der Waals surface area contributed by atoms with Gasteiger partial charge in [0, 0.05) is 6.54 Å². The van der Waals surface area contributed by atoms with Gasteiger partial charge in [-0.25, -0.2) is 9.18 Å². The Morgan fingerprint density at radius 2 is 2.17 bits per heavy atom. The largest absolute Gasteiger partial charge is 0.480 e. The first kappa shape index (κ1) is 12.8. The van der Waals surface area contributed by atoms with Crippen LogP contribution in [-0.4, -0.2) is 34.5 Å². The van der Waals surface area contributed by atoms with Gasteiger partial charge in [-0.05, 0) is 25.0 Å². The topological polar surface area (TPSA) is 57.6 Å². The molecule has 1 unspecified atom stereocenters. The van der Waals surface area contributed by atoms with Crippen molar-refractivity contribution in [3.05, 3.63) is 34.6 Å². The van der Waals surface area contributed by atoms with Gasteiger partial charge in [0.25, 0.3) is 5.91 Å². The lowest BCUT2D eigenvalue weighted by Crippen LogP contribution is -2.40. The number of carboxylic acids is 1. The second kappa shape index (κ2) is 4.94. The number of carbonyl (C=O) groups is 2. The highest BCUT2D eigenvalue weighted by Gasteiger charge is 2.35. The number of carboxylic acid groups (broad SMARTS) is 1. The molecule has 18 heavy (non-hydrogen) atoms. The zero-order valence-corrected chi connectivity index (χ0v) is 10.2. The van der Waals surface area contributed by atoms with Crippen molar-refractivity contribution in [2.24, 2.45) is 0 Å². The molecule has 1 saturated heterocycles. The Kier molecular flexibility index (Phi) is 3.52. The fourth-order valence-electron chi connectivity index (χ4n) is 2.09. The van der Waals surface area contributed by atoms with Crippen LogP contribution in [0.25, 0.3) is 0 Å². The van der Waals surface area contributed by atoms with E-state index in [9.17, 15) is 14.0 Å². The molecule has 2 rings (SSSR count). The lowest BCUT2D eigenvalue weighted by molar-refractivity contribution is -0.141. The zero-order valence-electron chi connectivity index (χ0n) is 9.40. The number of nitrogens with zero attached hydrogens (tertiary/aromatic N) is 1. The van der Waals surface area contributed by atoms with E-state index in [1.54, 1.807) is 0 Å². The van der Waals surface area contributed by atoms with E-state index >= 15 is 0 Å². The molecule has 0 saturated carbocycles. The minimum Gasteiger partial charge on any atom is -0.480 e. The Morgan fingerprint density at radius 3 is 2.83 bits per heavy atom. The molecule has 0 aromatic heterocycles. The number of hydrogen-bond donors (Lipinski definition) is 1. The molecule has 0 bridgehead atoms. The second-order valence-corrected chi connectivity index (χ2v) is 4.50. The molecule has 1 aliphatic heterocycles. The van der Waals surface area contributed by atoms with Crippen LogP contribution < -0.4 is 0 Å². The molecule has 0 radical (unpaired) electrons. The van der Waals surface area contributed by atoms with Crippen molar-refractivity contribution in [3.63, 3.8) is 0 Å². The van der Waals surface area contributed by atoms with Crippen LogP contribution in [0.15, 0.2) is 18.2 Å². The van der Waals surface area contributed by atoms with Crippen molar-refractivity contribution >= 4 is 23.5 Å². The lowest BCUT2D eigenvalue weighted by Gasteiger charge is -2.21. The number of aliphatic carboxylic acids is 1. The van der Waals surface area contributed by atoms with E-state index in [0.29, 0.717) is 19.4 Å². The Morgan fingerprint density at radius 1 is 1.44 bits per heavy atom. The minimum absolute atomic E-state index is 0.146. The fourth-order valence-corrected chi connectivity index (χ4v) is 2.26. The van der Waals surface area contributed by atoms with E-state index in [4.69, 9.17) is 16.7 Å². The molecule has 1 amide bonds. The van der Waals surface area contributed by atoms with E-state index in [1.807, 2.05) is 0 Å². The van der Waals surface area contributed by atoms with Crippen LogP contribution in [-0.2, 0) is 4.79 Å². The van der Waals surface area contributed by atoms with Crippen LogP contribution >= 0.6 is 11.6 Å². The molecular weight excluding hydrogens is 261 g/mol. The molecule has 96 valence electrons. The molecule has 1 fully saturated rings. The van der Waals surface area contributed by atoms with Gasteiger partial charge in [-0.1, -0.05) is 17.7 Å². The molecular formula is C12H11ClFNO3. The van der Waals surface area contributed by atoms with Gasteiger partial charge in [0.05, 0.1) is 10.6 Å². The molecule has 1 atom stereocenters. The van der Waals surface area contributed by atoms with E-state index in [0.717, 1.165) is 0 Å². The molecule has 1 aromatic rings. The maximum Gasteiger partial charge on any atom is 0.326 e. The predicted octanol–water partition coefficient (Wildman–Crippen LogP) is 2.17. The minimum atomic E-state index is -1.07. The van der Waals surface area contributed by atoms with Crippen molar-refractivity contribution in [3.8, 4) is 0 Å². The second-order valence-electron chi connectivity index (χ2n) is 4.10. The molecule has 0 spiro atoms. The van der Waals surface area contributed by atoms with Crippen LogP contribution in [0.2, 0.25) is 5.02 Å². The highest BCUT2D eigenvalue weighted by Crippen LogP contribution is 2.24. The van der Waals surface area contributed by atoms with E-state index in [-0.39, 0.29) is 10.6 Å². The van der Waals surface area contributed by atoms with Crippen LogP contribution in [0.4, 0.5) is 4.39 Å². The number of halogens is 2. The van der Waals surface area contributed by atoms with Gasteiger partial charge < -0.3 is 10.0 Å². The Balaban J connectivity index is 2.31. The van der Waals surface area contributed by atoms with Gasteiger partial charge in [0.15, 0.2) is 5.82 Å². The number of hydrogen-bond acceptors (Lipinski definition) is 2. The predicted molar refractivity (Wildman–Crippen MR) is 63.1 cm³/mol. The fraction of sp³-hybridized carbons (Fsp3) is 0.333. The van der Waals surface area contributed by atoms with Crippen LogP contribution in [0.5, 0.6) is 0 Å². The summed E-state index contributed by atoms with van der Waals surface area (Å²) in [6.07, 6.45) is 0.994. The summed E-state index contributed by atoms with van der Waals surface area (Å²) in [5.41, 5.74) is -0.185. The summed E-state index contributed by atoms with van der Waals surface area (Å²) in [7, 11) is 0. The smallest absolute Gasteiger partial charge is 0.326 e. The normalized spacial score (nSPS) is 19.0. The number of rotatable bonds is 2.